The van der Waals surface area contributed by atoms with Gasteiger partial charge in [-0.05, 0) is 26.7 Å². The monoisotopic (exact) mass is 285 g/mol. The molecule has 0 radical (unpaired) electrons. The standard InChI is InChI=1S/C9H16F5NO.ClH/c1-7(2,16)6(15)4-3-5-8(10,11)9(12,13)14;/h6,16H,3-5,15H2,1-2H3;1H. The number of aliphatic hydroxyl groups is 1. The first-order chi connectivity index (χ1) is 6.88. The molecule has 0 aromatic rings. The summed E-state index contributed by atoms with van der Waals surface area (Å²) in [5, 5.41) is 9.34. The highest BCUT2D eigenvalue weighted by molar-refractivity contribution is 5.85. The van der Waals surface area contributed by atoms with Crippen LogP contribution in [-0.4, -0.2) is 28.8 Å². The maximum atomic E-state index is 12.4. The van der Waals surface area contributed by atoms with Crippen LogP contribution in [-0.2, 0) is 0 Å². The summed E-state index contributed by atoms with van der Waals surface area (Å²) < 4.78 is 60.2. The maximum Gasteiger partial charge on any atom is 0.453 e. The van der Waals surface area contributed by atoms with Crippen LogP contribution in [0, 0.1) is 0 Å². The molecule has 0 amide bonds. The van der Waals surface area contributed by atoms with Gasteiger partial charge in [-0.25, -0.2) is 0 Å². The summed E-state index contributed by atoms with van der Waals surface area (Å²) in [5.74, 6) is -4.69. The molecular formula is C9H17ClF5NO. The van der Waals surface area contributed by atoms with E-state index in [1.54, 1.807) is 0 Å². The van der Waals surface area contributed by atoms with Gasteiger partial charge in [0.2, 0.25) is 0 Å². The second-order valence-corrected chi connectivity index (χ2v) is 4.35. The lowest BCUT2D eigenvalue weighted by Crippen LogP contribution is -2.43. The molecule has 1 unspecified atom stereocenters. The van der Waals surface area contributed by atoms with Gasteiger partial charge in [-0.15, -0.1) is 12.4 Å². The van der Waals surface area contributed by atoms with Gasteiger partial charge in [0, 0.05) is 12.5 Å². The van der Waals surface area contributed by atoms with Crippen molar-refractivity contribution in [2.45, 2.75) is 56.9 Å². The van der Waals surface area contributed by atoms with E-state index in [4.69, 9.17) is 5.73 Å². The molecule has 0 aromatic heterocycles. The average molecular weight is 286 g/mol. The van der Waals surface area contributed by atoms with Gasteiger partial charge in [0.05, 0.1) is 5.60 Å². The Hall–Kier alpha value is -0.140. The molecule has 17 heavy (non-hydrogen) atoms. The molecule has 0 heterocycles. The van der Waals surface area contributed by atoms with Crippen LogP contribution in [0.5, 0.6) is 0 Å². The second-order valence-electron chi connectivity index (χ2n) is 4.35. The number of nitrogens with two attached hydrogens (primary N) is 1. The molecule has 1 atom stereocenters. The van der Waals surface area contributed by atoms with Crippen molar-refractivity contribution in [1.29, 1.82) is 0 Å². The summed E-state index contributed by atoms with van der Waals surface area (Å²) in [5.41, 5.74) is 4.13. The molecular weight excluding hydrogens is 269 g/mol. The first-order valence-electron chi connectivity index (χ1n) is 4.80. The zero-order valence-electron chi connectivity index (χ0n) is 9.52. The van der Waals surface area contributed by atoms with Gasteiger partial charge in [0.15, 0.2) is 0 Å². The van der Waals surface area contributed by atoms with E-state index in [1.165, 1.54) is 13.8 Å². The second kappa shape index (κ2) is 6.15. The zero-order valence-corrected chi connectivity index (χ0v) is 10.3. The molecule has 0 aromatic carbocycles. The summed E-state index contributed by atoms with van der Waals surface area (Å²) in [6, 6.07) is -0.823. The molecule has 0 aliphatic carbocycles. The Labute approximate surface area is 103 Å². The minimum absolute atomic E-state index is 0. The van der Waals surface area contributed by atoms with Crippen molar-refractivity contribution in [3.63, 3.8) is 0 Å². The Morgan fingerprint density at radius 1 is 1.12 bits per heavy atom. The van der Waals surface area contributed by atoms with E-state index in [1.807, 2.05) is 0 Å². The Bertz CT molecular complexity index is 226. The molecule has 0 fully saturated rings. The maximum absolute atomic E-state index is 12.4. The van der Waals surface area contributed by atoms with Crippen molar-refractivity contribution in [3.05, 3.63) is 0 Å². The van der Waals surface area contributed by atoms with Crippen LogP contribution in [0.15, 0.2) is 0 Å². The molecule has 2 nitrogen and oxygen atoms in total. The van der Waals surface area contributed by atoms with Crippen LogP contribution in [0.4, 0.5) is 22.0 Å². The third kappa shape index (κ3) is 6.38. The predicted octanol–water partition coefficient (Wildman–Crippen LogP) is 2.87. The summed E-state index contributed by atoms with van der Waals surface area (Å²) in [4.78, 5) is 0. The fraction of sp³-hybridized carbons (Fsp3) is 1.00. The van der Waals surface area contributed by atoms with E-state index >= 15 is 0 Å². The lowest BCUT2D eigenvalue weighted by molar-refractivity contribution is -0.284. The molecule has 3 N–H and O–H groups in total. The SMILES string of the molecule is CC(C)(O)C(N)CCCC(F)(F)C(F)(F)F.Cl. The largest absolute Gasteiger partial charge is 0.453 e. The lowest BCUT2D eigenvalue weighted by Gasteiger charge is -2.26. The highest BCUT2D eigenvalue weighted by Crippen LogP contribution is 2.39. The molecule has 0 bridgehead atoms. The van der Waals surface area contributed by atoms with E-state index in [-0.39, 0.29) is 18.8 Å². The number of hydrogen-bond acceptors (Lipinski definition) is 2. The Morgan fingerprint density at radius 2 is 1.53 bits per heavy atom. The first kappa shape index (κ1) is 19.2. The van der Waals surface area contributed by atoms with Crippen LogP contribution in [0.25, 0.3) is 0 Å². The van der Waals surface area contributed by atoms with Crippen molar-refractivity contribution in [2.24, 2.45) is 5.73 Å². The topological polar surface area (TPSA) is 46.2 Å². The molecule has 0 saturated heterocycles. The third-order valence-electron chi connectivity index (χ3n) is 2.33. The van der Waals surface area contributed by atoms with Crippen molar-refractivity contribution in [1.82, 2.24) is 0 Å². The predicted molar refractivity (Wildman–Crippen MR) is 56.4 cm³/mol. The Balaban J connectivity index is 0. The number of alkyl halides is 5. The molecule has 106 valence electrons. The number of rotatable bonds is 5. The molecule has 0 aliphatic heterocycles. The summed E-state index contributed by atoms with van der Waals surface area (Å²) in [6.45, 7) is 2.75. The smallest absolute Gasteiger partial charge is 0.389 e. The molecule has 0 saturated carbocycles. The van der Waals surface area contributed by atoms with E-state index in [2.05, 4.69) is 0 Å². The van der Waals surface area contributed by atoms with Gasteiger partial charge in [-0.3, -0.25) is 0 Å². The minimum atomic E-state index is -5.52. The average Bonchev–Trinajstić information content (AvgIpc) is 1.99. The van der Waals surface area contributed by atoms with Gasteiger partial charge in [0.1, 0.15) is 0 Å². The van der Waals surface area contributed by atoms with E-state index in [0.717, 1.165) is 0 Å². The zero-order chi connectivity index (χ0) is 13.2. The minimum Gasteiger partial charge on any atom is -0.389 e. The molecule has 0 rings (SSSR count). The lowest BCUT2D eigenvalue weighted by atomic mass is 9.94. The van der Waals surface area contributed by atoms with Crippen LogP contribution in [0.1, 0.15) is 33.1 Å². The van der Waals surface area contributed by atoms with E-state index in [0.29, 0.717) is 0 Å². The molecule has 8 heteroatoms. The fourth-order valence-electron chi connectivity index (χ4n) is 1.04. The van der Waals surface area contributed by atoms with Gasteiger partial charge in [-0.2, -0.15) is 22.0 Å². The van der Waals surface area contributed by atoms with Crippen LogP contribution in [0.2, 0.25) is 0 Å². The quantitative estimate of drug-likeness (QED) is 0.763. The molecule has 0 spiro atoms. The molecule has 0 aliphatic rings. The summed E-state index contributed by atoms with van der Waals surface area (Å²) in [6.07, 6.45) is -7.31. The van der Waals surface area contributed by atoms with Gasteiger partial charge in [-0.1, -0.05) is 0 Å². The van der Waals surface area contributed by atoms with Gasteiger partial charge in [0.25, 0.3) is 0 Å². The number of hydrogen-bond donors (Lipinski definition) is 2. The normalized spacial score (nSPS) is 15.4. The fourth-order valence-corrected chi connectivity index (χ4v) is 1.04. The van der Waals surface area contributed by atoms with Crippen molar-refractivity contribution in [2.75, 3.05) is 0 Å². The highest BCUT2D eigenvalue weighted by atomic mass is 35.5. The van der Waals surface area contributed by atoms with Crippen LogP contribution in [0.3, 0.4) is 0 Å². The van der Waals surface area contributed by atoms with Gasteiger partial charge >= 0.3 is 12.1 Å². The van der Waals surface area contributed by atoms with Crippen LogP contribution < -0.4 is 5.73 Å². The summed E-state index contributed by atoms with van der Waals surface area (Å²) in [7, 11) is 0. The van der Waals surface area contributed by atoms with Crippen molar-refractivity contribution in [3.8, 4) is 0 Å². The number of halogens is 6. The summed E-state index contributed by atoms with van der Waals surface area (Å²) >= 11 is 0. The Morgan fingerprint density at radius 3 is 1.82 bits per heavy atom. The Kier molecular flexibility index (Phi) is 6.95. The van der Waals surface area contributed by atoms with Crippen molar-refractivity contribution >= 4 is 12.4 Å². The van der Waals surface area contributed by atoms with E-state index < -0.39 is 36.6 Å². The van der Waals surface area contributed by atoms with Gasteiger partial charge < -0.3 is 10.8 Å². The first-order valence-corrected chi connectivity index (χ1v) is 4.80. The van der Waals surface area contributed by atoms with Crippen LogP contribution >= 0.6 is 12.4 Å². The van der Waals surface area contributed by atoms with E-state index in [9.17, 15) is 27.1 Å². The highest BCUT2D eigenvalue weighted by Gasteiger charge is 2.56. The van der Waals surface area contributed by atoms with Crippen molar-refractivity contribution < 1.29 is 27.1 Å². The third-order valence-corrected chi connectivity index (χ3v) is 2.33.